The highest BCUT2D eigenvalue weighted by Gasteiger charge is 2.23. The highest BCUT2D eigenvalue weighted by molar-refractivity contribution is 6.04. The first-order chi connectivity index (χ1) is 12.2. The van der Waals surface area contributed by atoms with E-state index in [1.54, 1.807) is 37.3 Å². The predicted molar refractivity (Wildman–Crippen MR) is 90.4 cm³/mol. The topological polar surface area (TPSA) is 96.7 Å². The number of hydrogen-bond donors (Lipinski definition) is 1. The Morgan fingerprint density at radius 2 is 2.20 bits per heavy atom. The number of furan rings is 1. The molecule has 7 heteroatoms. The number of ether oxygens (including phenoxy) is 1. The van der Waals surface area contributed by atoms with Gasteiger partial charge in [-0.05, 0) is 31.2 Å². The molecule has 1 N–H and O–H groups in total. The molecule has 0 aliphatic heterocycles. The lowest BCUT2D eigenvalue weighted by atomic mass is 10.1. The van der Waals surface area contributed by atoms with Gasteiger partial charge in [0.25, 0.3) is 5.56 Å². The fraction of sp³-hybridized carbons (Fsp3) is 0.167. The van der Waals surface area contributed by atoms with Crippen molar-refractivity contribution in [3.8, 4) is 6.07 Å². The van der Waals surface area contributed by atoms with Crippen molar-refractivity contribution in [2.45, 2.75) is 13.5 Å². The van der Waals surface area contributed by atoms with Crippen LogP contribution in [0.4, 0.5) is 5.69 Å². The fourth-order valence-corrected chi connectivity index (χ4v) is 2.58. The van der Waals surface area contributed by atoms with Gasteiger partial charge >= 0.3 is 5.97 Å². The van der Waals surface area contributed by atoms with Crippen LogP contribution >= 0.6 is 0 Å². The van der Waals surface area contributed by atoms with Crippen LogP contribution in [0.15, 0.2) is 52.0 Å². The van der Waals surface area contributed by atoms with Crippen LogP contribution in [0.3, 0.4) is 0 Å². The normalized spacial score (nSPS) is 10.4. The number of fused-ring (bicyclic) bond motifs is 1. The maximum Gasteiger partial charge on any atom is 0.342 e. The standard InChI is InChI=1S/C18H15N3O4/c1-2-24-18(23)15-14-7-3-4-8-21(14)17(22)13(10-19)16(15)20-11-12-6-5-9-25-12/h3-9,20H,2,11H2,1H3. The van der Waals surface area contributed by atoms with E-state index in [1.807, 2.05) is 6.07 Å². The number of nitrogens with one attached hydrogen (secondary N) is 1. The predicted octanol–water partition coefficient (Wildman–Crippen LogP) is 2.55. The van der Waals surface area contributed by atoms with Crippen LogP contribution in [0, 0.1) is 11.3 Å². The van der Waals surface area contributed by atoms with E-state index in [1.165, 1.54) is 16.9 Å². The van der Waals surface area contributed by atoms with Gasteiger partial charge in [0, 0.05) is 6.20 Å². The number of anilines is 1. The molecule has 0 saturated carbocycles. The number of esters is 1. The number of aromatic nitrogens is 1. The molecule has 3 rings (SSSR count). The van der Waals surface area contributed by atoms with E-state index in [9.17, 15) is 14.9 Å². The van der Waals surface area contributed by atoms with Gasteiger partial charge in [0.2, 0.25) is 0 Å². The Hall–Kier alpha value is -3.53. The van der Waals surface area contributed by atoms with Gasteiger partial charge in [-0.2, -0.15) is 5.26 Å². The number of nitrogens with zero attached hydrogens (tertiary/aromatic N) is 2. The van der Waals surface area contributed by atoms with Crippen molar-refractivity contribution in [2.75, 3.05) is 11.9 Å². The van der Waals surface area contributed by atoms with Crippen molar-refractivity contribution in [1.82, 2.24) is 4.40 Å². The molecule has 0 aliphatic rings. The van der Waals surface area contributed by atoms with Gasteiger partial charge in [0.05, 0.1) is 30.6 Å². The number of nitriles is 1. The van der Waals surface area contributed by atoms with Crippen molar-refractivity contribution in [3.63, 3.8) is 0 Å². The summed E-state index contributed by atoms with van der Waals surface area (Å²) in [7, 11) is 0. The zero-order chi connectivity index (χ0) is 17.8. The molecule has 25 heavy (non-hydrogen) atoms. The SMILES string of the molecule is CCOC(=O)c1c(NCc2ccco2)c(C#N)c(=O)n2ccccc12. The summed E-state index contributed by atoms with van der Waals surface area (Å²) >= 11 is 0. The minimum Gasteiger partial charge on any atom is -0.467 e. The zero-order valence-electron chi connectivity index (χ0n) is 13.5. The molecule has 126 valence electrons. The second kappa shape index (κ2) is 6.93. The Balaban J connectivity index is 2.24. The second-order valence-corrected chi connectivity index (χ2v) is 5.15. The fourth-order valence-electron chi connectivity index (χ4n) is 2.58. The number of carbonyl (C=O) groups excluding carboxylic acids is 1. The molecule has 0 fully saturated rings. The Bertz CT molecular complexity index is 1010. The van der Waals surface area contributed by atoms with E-state index in [0.29, 0.717) is 11.3 Å². The van der Waals surface area contributed by atoms with Crippen molar-refractivity contribution < 1.29 is 13.9 Å². The molecule has 0 saturated heterocycles. The molecule has 0 atom stereocenters. The van der Waals surface area contributed by atoms with Gasteiger partial charge in [-0.1, -0.05) is 6.07 Å². The van der Waals surface area contributed by atoms with Crippen LogP contribution in [-0.2, 0) is 11.3 Å². The first-order valence-electron chi connectivity index (χ1n) is 7.68. The molecule has 0 amide bonds. The van der Waals surface area contributed by atoms with E-state index >= 15 is 0 Å². The third kappa shape index (κ3) is 2.97. The van der Waals surface area contributed by atoms with Crippen LogP contribution in [0.2, 0.25) is 0 Å². The lowest BCUT2D eigenvalue weighted by Crippen LogP contribution is -2.24. The van der Waals surface area contributed by atoms with E-state index in [-0.39, 0.29) is 30.0 Å². The van der Waals surface area contributed by atoms with Crippen molar-refractivity contribution >= 4 is 17.2 Å². The molecule has 0 aliphatic carbocycles. The number of rotatable bonds is 5. The van der Waals surface area contributed by atoms with Gasteiger partial charge in [0.15, 0.2) is 0 Å². The lowest BCUT2D eigenvalue weighted by Gasteiger charge is -2.15. The van der Waals surface area contributed by atoms with Crippen molar-refractivity contribution in [1.29, 1.82) is 5.26 Å². The number of pyridine rings is 2. The largest absolute Gasteiger partial charge is 0.467 e. The summed E-state index contributed by atoms with van der Waals surface area (Å²) in [6.45, 7) is 2.09. The van der Waals surface area contributed by atoms with Crippen LogP contribution in [0.25, 0.3) is 5.52 Å². The van der Waals surface area contributed by atoms with Crippen molar-refractivity contribution in [3.05, 3.63) is 70.0 Å². The van der Waals surface area contributed by atoms with Gasteiger partial charge in [0.1, 0.15) is 23.0 Å². The van der Waals surface area contributed by atoms with Gasteiger partial charge in [-0.15, -0.1) is 0 Å². The molecule has 0 aromatic carbocycles. The maximum atomic E-state index is 12.6. The average molecular weight is 337 g/mol. The first-order valence-corrected chi connectivity index (χ1v) is 7.68. The van der Waals surface area contributed by atoms with Crippen molar-refractivity contribution in [2.24, 2.45) is 0 Å². The zero-order valence-corrected chi connectivity index (χ0v) is 13.5. The summed E-state index contributed by atoms with van der Waals surface area (Å²) in [5, 5.41) is 12.5. The van der Waals surface area contributed by atoms with Crippen LogP contribution < -0.4 is 10.9 Å². The number of carbonyl (C=O) groups is 1. The Labute approximate surface area is 143 Å². The summed E-state index contributed by atoms with van der Waals surface area (Å²) < 4.78 is 11.6. The van der Waals surface area contributed by atoms with E-state index in [4.69, 9.17) is 9.15 Å². The molecule has 0 unspecified atom stereocenters. The minimum atomic E-state index is -0.607. The molecular weight excluding hydrogens is 322 g/mol. The van der Waals surface area contributed by atoms with Crippen LogP contribution in [0.1, 0.15) is 28.6 Å². The highest BCUT2D eigenvalue weighted by atomic mass is 16.5. The monoisotopic (exact) mass is 337 g/mol. The van der Waals surface area contributed by atoms with E-state index < -0.39 is 11.5 Å². The second-order valence-electron chi connectivity index (χ2n) is 5.15. The molecule has 3 aromatic heterocycles. The molecule has 0 spiro atoms. The molecular formula is C18H15N3O4. The molecule has 3 heterocycles. The maximum absolute atomic E-state index is 12.6. The van der Waals surface area contributed by atoms with Gasteiger partial charge < -0.3 is 14.5 Å². The average Bonchev–Trinajstić information content (AvgIpc) is 3.14. The summed E-state index contributed by atoms with van der Waals surface area (Å²) in [5.41, 5.74) is -0.00277. The quantitative estimate of drug-likeness (QED) is 0.719. The first kappa shape index (κ1) is 16.3. The Kier molecular flexibility index (Phi) is 4.53. The van der Waals surface area contributed by atoms with Gasteiger partial charge in [-0.3, -0.25) is 9.20 Å². The van der Waals surface area contributed by atoms with E-state index in [0.717, 1.165) is 0 Å². The van der Waals surface area contributed by atoms with Gasteiger partial charge in [-0.25, -0.2) is 4.79 Å². The van der Waals surface area contributed by atoms with Crippen LogP contribution in [0.5, 0.6) is 0 Å². The van der Waals surface area contributed by atoms with E-state index in [2.05, 4.69) is 5.32 Å². The highest BCUT2D eigenvalue weighted by Crippen LogP contribution is 2.25. The molecule has 3 aromatic rings. The third-order valence-electron chi connectivity index (χ3n) is 3.66. The molecule has 0 bridgehead atoms. The molecule has 7 nitrogen and oxygen atoms in total. The summed E-state index contributed by atoms with van der Waals surface area (Å²) in [6, 6.07) is 10.4. The summed E-state index contributed by atoms with van der Waals surface area (Å²) in [5.74, 6) is -0.00314. The summed E-state index contributed by atoms with van der Waals surface area (Å²) in [4.78, 5) is 25.1. The molecule has 0 radical (unpaired) electrons. The Morgan fingerprint density at radius 1 is 1.36 bits per heavy atom. The number of hydrogen-bond acceptors (Lipinski definition) is 6. The third-order valence-corrected chi connectivity index (χ3v) is 3.66. The smallest absolute Gasteiger partial charge is 0.342 e. The lowest BCUT2D eigenvalue weighted by molar-refractivity contribution is 0.0529. The summed E-state index contributed by atoms with van der Waals surface area (Å²) in [6.07, 6.45) is 3.03. The van der Waals surface area contributed by atoms with Crippen LogP contribution in [-0.4, -0.2) is 17.0 Å². The Morgan fingerprint density at radius 3 is 2.88 bits per heavy atom. The minimum absolute atomic E-state index is 0.144.